The summed E-state index contributed by atoms with van der Waals surface area (Å²) in [4.78, 5) is 28.6. The van der Waals surface area contributed by atoms with Crippen LogP contribution < -0.4 is 10.1 Å². The van der Waals surface area contributed by atoms with Gasteiger partial charge in [-0.1, -0.05) is 75.4 Å². The number of carbonyl (C=O) groups is 2. The lowest BCUT2D eigenvalue weighted by Gasteiger charge is -2.32. The van der Waals surface area contributed by atoms with Crippen LogP contribution in [0.15, 0.2) is 78.9 Å². The Hall–Kier alpha value is -3.67. The molecular formula is C31H37FN2O3. The van der Waals surface area contributed by atoms with Crippen LogP contribution in [-0.4, -0.2) is 35.4 Å². The minimum Gasteiger partial charge on any atom is -0.484 e. The van der Waals surface area contributed by atoms with Crippen LogP contribution in [-0.2, 0) is 22.6 Å². The maximum Gasteiger partial charge on any atom is 0.261 e. The van der Waals surface area contributed by atoms with Gasteiger partial charge in [0.25, 0.3) is 5.91 Å². The highest BCUT2D eigenvalue weighted by Crippen LogP contribution is 2.20. The Morgan fingerprint density at radius 3 is 2.14 bits per heavy atom. The second-order valence-corrected chi connectivity index (χ2v) is 9.68. The fourth-order valence-corrected chi connectivity index (χ4v) is 3.96. The lowest BCUT2D eigenvalue weighted by Crippen LogP contribution is -2.53. The number of rotatable bonds is 12. The number of ether oxygens (including phenoxy) is 1. The number of halogens is 1. The van der Waals surface area contributed by atoms with Gasteiger partial charge >= 0.3 is 0 Å². The first-order valence-corrected chi connectivity index (χ1v) is 12.9. The summed E-state index contributed by atoms with van der Waals surface area (Å²) in [6.07, 6.45) is 1.12. The van der Waals surface area contributed by atoms with Gasteiger partial charge in [-0.15, -0.1) is 0 Å². The van der Waals surface area contributed by atoms with Gasteiger partial charge in [-0.3, -0.25) is 9.59 Å². The van der Waals surface area contributed by atoms with Crippen molar-refractivity contribution in [3.05, 3.63) is 101 Å². The zero-order valence-corrected chi connectivity index (χ0v) is 22.1. The van der Waals surface area contributed by atoms with Gasteiger partial charge in [-0.05, 0) is 60.2 Å². The molecule has 2 atom stereocenters. The number of nitrogens with zero attached hydrogens (tertiary/aromatic N) is 1. The molecule has 6 heteroatoms. The second kappa shape index (κ2) is 13.6. The molecule has 37 heavy (non-hydrogen) atoms. The molecule has 2 amide bonds. The molecule has 0 bridgehead atoms. The van der Waals surface area contributed by atoms with Crippen molar-refractivity contribution in [1.82, 2.24) is 10.2 Å². The molecule has 3 rings (SSSR count). The SMILES string of the molecule is CC[C@@H](C)NC(=O)[C@@H](Cc1ccccc1)N(Cc1ccc(F)cc1)C(=O)COc1ccc(C(C)C)cc1. The topological polar surface area (TPSA) is 58.6 Å². The third-order valence-electron chi connectivity index (χ3n) is 6.45. The van der Waals surface area contributed by atoms with E-state index < -0.39 is 6.04 Å². The van der Waals surface area contributed by atoms with Gasteiger partial charge in [-0.25, -0.2) is 4.39 Å². The van der Waals surface area contributed by atoms with Crippen molar-refractivity contribution in [1.29, 1.82) is 0 Å². The van der Waals surface area contributed by atoms with Gasteiger partial charge in [0.05, 0.1) is 0 Å². The van der Waals surface area contributed by atoms with E-state index in [-0.39, 0.29) is 36.8 Å². The van der Waals surface area contributed by atoms with Crippen LogP contribution in [0.4, 0.5) is 4.39 Å². The van der Waals surface area contributed by atoms with Crippen molar-refractivity contribution in [3.8, 4) is 5.75 Å². The molecule has 0 unspecified atom stereocenters. The predicted molar refractivity (Wildman–Crippen MR) is 145 cm³/mol. The molecule has 0 heterocycles. The van der Waals surface area contributed by atoms with E-state index in [1.165, 1.54) is 17.7 Å². The summed E-state index contributed by atoms with van der Waals surface area (Å²) in [5.41, 5.74) is 2.85. The summed E-state index contributed by atoms with van der Waals surface area (Å²) in [7, 11) is 0. The van der Waals surface area contributed by atoms with E-state index in [9.17, 15) is 14.0 Å². The molecule has 0 saturated heterocycles. The number of hydrogen-bond acceptors (Lipinski definition) is 3. The quantitative estimate of drug-likeness (QED) is 0.335. The van der Waals surface area contributed by atoms with Crippen LogP contribution in [0.1, 0.15) is 56.7 Å². The molecule has 0 aliphatic carbocycles. The molecule has 0 fully saturated rings. The van der Waals surface area contributed by atoms with Crippen molar-refractivity contribution in [2.24, 2.45) is 0 Å². The van der Waals surface area contributed by atoms with Crippen LogP contribution in [0.25, 0.3) is 0 Å². The Balaban J connectivity index is 1.88. The Morgan fingerprint density at radius 2 is 1.54 bits per heavy atom. The largest absolute Gasteiger partial charge is 0.484 e. The fourth-order valence-electron chi connectivity index (χ4n) is 3.96. The third kappa shape index (κ3) is 8.45. The molecule has 0 spiro atoms. The Morgan fingerprint density at radius 1 is 0.892 bits per heavy atom. The van der Waals surface area contributed by atoms with E-state index in [0.717, 1.165) is 17.5 Å². The second-order valence-electron chi connectivity index (χ2n) is 9.68. The molecule has 0 aliphatic heterocycles. The van der Waals surface area contributed by atoms with Crippen LogP contribution in [0.5, 0.6) is 5.75 Å². The molecule has 196 valence electrons. The molecule has 3 aromatic carbocycles. The van der Waals surface area contributed by atoms with Gasteiger partial charge in [0.1, 0.15) is 17.6 Å². The standard InChI is InChI=1S/C31H37FN2O3/c1-5-23(4)33-31(36)29(19-24-9-7-6-8-10-24)34(20-25-11-15-27(32)16-12-25)30(35)21-37-28-17-13-26(14-18-28)22(2)3/h6-18,22-23,29H,5,19-21H2,1-4H3,(H,33,36)/t23-,29-/m1/s1. The summed E-state index contributed by atoms with van der Waals surface area (Å²) in [5.74, 6) is 0.0744. The maximum atomic E-state index is 13.6. The number of benzene rings is 3. The molecule has 0 aliphatic rings. The van der Waals surface area contributed by atoms with Crippen molar-refractivity contribution >= 4 is 11.8 Å². The van der Waals surface area contributed by atoms with Crippen LogP contribution in [0.2, 0.25) is 0 Å². The number of nitrogens with one attached hydrogen (secondary N) is 1. The summed E-state index contributed by atoms with van der Waals surface area (Å²) >= 11 is 0. The van der Waals surface area contributed by atoms with E-state index in [1.807, 2.05) is 68.4 Å². The van der Waals surface area contributed by atoms with Crippen molar-refractivity contribution in [2.45, 2.75) is 65.1 Å². The molecule has 1 N–H and O–H groups in total. The molecule has 0 aromatic heterocycles. The predicted octanol–water partition coefficient (Wildman–Crippen LogP) is 5.88. The van der Waals surface area contributed by atoms with Crippen LogP contribution >= 0.6 is 0 Å². The summed E-state index contributed by atoms with van der Waals surface area (Å²) in [5, 5.41) is 3.04. The molecular weight excluding hydrogens is 467 g/mol. The Bertz CT molecular complexity index is 1130. The maximum absolute atomic E-state index is 13.6. The van der Waals surface area contributed by atoms with Crippen LogP contribution in [0, 0.1) is 5.82 Å². The lowest BCUT2D eigenvalue weighted by molar-refractivity contribution is -0.143. The zero-order chi connectivity index (χ0) is 26.8. The van der Waals surface area contributed by atoms with Gasteiger partial charge in [0.15, 0.2) is 6.61 Å². The summed E-state index contributed by atoms with van der Waals surface area (Å²) in [6, 6.07) is 22.5. The average molecular weight is 505 g/mol. The average Bonchev–Trinajstić information content (AvgIpc) is 2.91. The van der Waals surface area contributed by atoms with E-state index in [1.54, 1.807) is 17.0 Å². The highest BCUT2D eigenvalue weighted by molar-refractivity contribution is 5.88. The zero-order valence-electron chi connectivity index (χ0n) is 22.1. The van der Waals surface area contributed by atoms with E-state index >= 15 is 0 Å². The first-order valence-electron chi connectivity index (χ1n) is 12.9. The van der Waals surface area contributed by atoms with Crippen molar-refractivity contribution < 1.29 is 18.7 Å². The normalized spacial score (nSPS) is 12.6. The van der Waals surface area contributed by atoms with Gasteiger partial charge in [0.2, 0.25) is 5.91 Å². The third-order valence-corrected chi connectivity index (χ3v) is 6.45. The molecule has 3 aromatic rings. The Labute approximate surface area is 219 Å². The smallest absolute Gasteiger partial charge is 0.261 e. The first kappa shape index (κ1) is 27.9. The van der Waals surface area contributed by atoms with Gasteiger partial charge in [-0.2, -0.15) is 0 Å². The lowest BCUT2D eigenvalue weighted by atomic mass is 10.0. The van der Waals surface area contributed by atoms with Gasteiger partial charge < -0.3 is 15.0 Å². The minimum atomic E-state index is -0.763. The minimum absolute atomic E-state index is 0.0377. The van der Waals surface area contributed by atoms with Crippen molar-refractivity contribution in [3.63, 3.8) is 0 Å². The van der Waals surface area contributed by atoms with Crippen molar-refractivity contribution in [2.75, 3.05) is 6.61 Å². The molecule has 0 radical (unpaired) electrons. The van der Waals surface area contributed by atoms with E-state index in [2.05, 4.69) is 19.2 Å². The summed E-state index contributed by atoms with van der Waals surface area (Å²) < 4.78 is 19.4. The highest BCUT2D eigenvalue weighted by atomic mass is 19.1. The molecule has 5 nitrogen and oxygen atoms in total. The number of hydrogen-bond donors (Lipinski definition) is 1. The monoisotopic (exact) mass is 504 g/mol. The Kier molecular flexibility index (Phi) is 10.2. The van der Waals surface area contributed by atoms with Crippen LogP contribution in [0.3, 0.4) is 0 Å². The molecule has 0 saturated carbocycles. The van der Waals surface area contributed by atoms with E-state index in [4.69, 9.17) is 4.74 Å². The fraction of sp³-hybridized carbons (Fsp3) is 0.355. The van der Waals surface area contributed by atoms with E-state index in [0.29, 0.717) is 18.1 Å². The first-order chi connectivity index (χ1) is 17.8. The summed E-state index contributed by atoms with van der Waals surface area (Å²) in [6.45, 7) is 8.10. The highest BCUT2D eigenvalue weighted by Gasteiger charge is 2.31. The number of amides is 2. The van der Waals surface area contributed by atoms with Gasteiger partial charge in [0, 0.05) is 19.0 Å². The number of carbonyl (C=O) groups excluding carboxylic acids is 2.